The van der Waals surface area contributed by atoms with Gasteiger partial charge in [0, 0.05) is 18.0 Å². The van der Waals surface area contributed by atoms with Gasteiger partial charge < -0.3 is 15.7 Å². The molecule has 1 aromatic heterocycles. The number of rotatable bonds is 5. The summed E-state index contributed by atoms with van der Waals surface area (Å²) in [4.78, 5) is 26.0. The minimum atomic E-state index is -1.08. The van der Waals surface area contributed by atoms with Gasteiger partial charge in [-0.3, -0.25) is 4.98 Å². The van der Waals surface area contributed by atoms with Crippen LogP contribution < -0.4 is 10.6 Å². The third-order valence-electron chi connectivity index (χ3n) is 2.20. The zero-order valence-electron chi connectivity index (χ0n) is 10.1. The Morgan fingerprint density at radius 2 is 2.22 bits per heavy atom. The molecule has 7 heteroatoms. The second-order valence-corrected chi connectivity index (χ2v) is 4.92. The van der Waals surface area contributed by atoms with Gasteiger partial charge in [-0.25, -0.2) is 9.59 Å². The lowest BCUT2D eigenvalue weighted by Gasteiger charge is -2.11. The number of hydrogen-bond acceptors (Lipinski definition) is 4. The summed E-state index contributed by atoms with van der Waals surface area (Å²) in [5.41, 5.74) is 0.384. The standard InChI is InChI=1S/C11H15N3O3S/c1-7(18-2)4-13-11(17)14-9-3-8(10(15)16)5-12-6-9/h3,5-7H,4H2,1-2H3,(H,15,16)(H2,13,14,17). The van der Waals surface area contributed by atoms with Crippen LogP contribution in [0.15, 0.2) is 18.5 Å². The molecule has 1 rings (SSSR count). The average molecular weight is 269 g/mol. The normalized spacial score (nSPS) is 11.7. The molecular formula is C11H15N3O3S. The molecule has 1 atom stereocenters. The monoisotopic (exact) mass is 269 g/mol. The summed E-state index contributed by atoms with van der Waals surface area (Å²) < 4.78 is 0. The van der Waals surface area contributed by atoms with E-state index >= 15 is 0 Å². The Hall–Kier alpha value is -1.76. The highest BCUT2D eigenvalue weighted by atomic mass is 32.2. The number of carbonyl (C=O) groups excluding carboxylic acids is 1. The third kappa shape index (κ3) is 4.62. The smallest absolute Gasteiger partial charge is 0.337 e. The topological polar surface area (TPSA) is 91.3 Å². The van der Waals surface area contributed by atoms with Crippen LogP contribution in [0, 0.1) is 0 Å². The fourth-order valence-corrected chi connectivity index (χ4v) is 1.37. The van der Waals surface area contributed by atoms with E-state index in [-0.39, 0.29) is 11.6 Å². The highest BCUT2D eigenvalue weighted by molar-refractivity contribution is 7.99. The predicted molar refractivity (Wildman–Crippen MR) is 71.2 cm³/mol. The zero-order chi connectivity index (χ0) is 13.5. The summed E-state index contributed by atoms with van der Waals surface area (Å²) in [6.45, 7) is 2.54. The maximum absolute atomic E-state index is 11.5. The first-order valence-electron chi connectivity index (χ1n) is 5.29. The lowest BCUT2D eigenvalue weighted by Crippen LogP contribution is -2.33. The van der Waals surface area contributed by atoms with Crippen molar-refractivity contribution in [1.82, 2.24) is 10.3 Å². The van der Waals surface area contributed by atoms with Gasteiger partial charge in [-0.2, -0.15) is 11.8 Å². The Kier molecular flexibility index (Phi) is 5.44. The van der Waals surface area contributed by atoms with Gasteiger partial charge in [-0.15, -0.1) is 0 Å². The Labute approximate surface area is 109 Å². The van der Waals surface area contributed by atoms with Crippen molar-refractivity contribution in [3.05, 3.63) is 24.0 Å². The number of carboxylic acids is 1. The number of nitrogens with zero attached hydrogens (tertiary/aromatic N) is 1. The van der Waals surface area contributed by atoms with Gasteiger partial charge in [0.15, 0.2) is 0 Å². The van der Waals surface area contributed by atoms with Crippen molar-refractivity contribution in [2.75, 3.05) is 18.1 Å². The highest BCUT2D eigenvalue weighted by Gasteiger charge is 2.07. The molecule has 0 aliphatic carbocycles. The Morgan fingerprint density at radius 3 is 2.83 bits per heavy atom. The molecule has 0 fully saturated rings. The first kappa shape index (κ1) is 14.3. The van der Waals surface area contributed by atoms with Gasteiger partial charge in [0.1, 0.15) is 0 Å². The molecule has 0 bridgehead atoms. The number of hydrogen-bond donors (Lipinski definition) is 3. The highest BCUT2D eigenvalue weighted by Crippen LogP contribution is 2.08. The van der Waals surface area contributed by atoms with E-state index in [0.29, 0.717) is 17.5 Å². The molecule has 1 aromatic rings. The minimum Gasteiger partial charge on any atom is -0.478 e. The van der Waals surface area contributed by atoms with Crippen molar-refractivity contribution in [2.24, 2.45) is 0 Å². The van der Waals surface area contributed by atoms with Crippen LogP contribution in [-0.4, -0.2) is 40.1 Å². The number of aromatic carboxylic acids is 1. The van der Waals surface area contributed by atoms with Gasteiger partial charge in [0.2, 0.25) is 0 Å². The van der Waals surface area contributed by atoms with Crippen LogP contribution in [0.5, 0.6) is 0 Å². The Balaban J connectivity index is 2.54. The molecule has 0 saturated heterocycles. The summed E-state index contributed by atoms with van der Waals surface area (Å²) >= 11 is 1.65. The van der Waals surface area contributed by atoms with E-state index in [4.69, 9.17) is 5.11 Å². The van der Waals surface area contributed by atoms with Crippen molar-refractivity contribution < 1.29 is 14.7 Å². The quantitative estimate of drug-likeness (QED) is 0.756. The van der Waals surface area contributed by atoms with Gasteiger partial charge >= 0.3 is 12.0 Å². The molecule has 6 nitrogen and oxygen atoms in total. The van der Waals surface area contributed by atoms with E-state index < -0.39 is 5.97 Å². The van der Waals surface area contributed by atoms with Crippen molar-refractivity contribution in [3.63, 3.8) is 0 Å². The van der Waals surface area contributed by atoms with Crippen molar-refractivity contribution >= 4 is 29.4 Å². The van der Waals surface area contributed by atoms with Crippen molar-refractivity contribution in [3.8, 4) is 0 Å². The van der Waals surface area contributed by atoms with E-state index in [1.807, 2.05) is 13.2 Å². The molecule has 0 aliphatic heterocycles. The number of carbonyl (C=O) groups is 2. The molecule has 98 valence electrons. The van der Waals surface area contributed by atoms with Gasteiger partial charge in [-0.05, 0) is 12.3 Å². The molecule has 3 N–H and O–H groups in total. The summed E-state index contributed by atoms with van der Waals surface area (Å²) in [7, 11) is 0. The molecule has 18 heavy (non-hydrogen) atoms. The molecule has 1 heterocycles. The van der Waals surface area contributed by atoms with Crippen LogP contribution in [0.2, 0.25) is 0 Å². The zero-order valence-corrected chi connectivity index (χ0v) is 11.0. The summed E-state index contributed by atoms with van der Waals surface area (Å²) in [5, 5.41) is 14.3. The lowest BCUT2D eigenvalue weighted by molar-refractivity contribution is 0.0696. The number of nitrogens with one attached hydrogen (secondary N) is 2. The minimum absolute atomic E-state index is 0.0327. The molecule has 1 unspecified atom stereocenters. The molecule has 0 spiro atoms. The average Bonchev–Trinajstić information content (AvgIpc) is 2.36. The third-order valence-corrected chi connectivity index (χ3v) is 3.17. The Bertz CT molecular complexity index is 439. The van der Waals surface area contributed by atoms with E-state index in [2.05, 4.69) is 15.6 Å². The predicted octanol–water partition coefficient (Wildman–Crippen LogP) is 1.65. The number of anilines is 1. The molecular weight excluding hydrogens is 254 g/mol. The van der Waals surface area contributed by atoms with Crippen LogP contribution >= 0.6 is 11.8 Å². The number of aromatic nitrogens is 1. The van der Waals surface area contributed by atoms with Crippen LogP contribution in [0.1, 0.15) is 17.3 Å². The van der Waals surface area contributed by atoms with Gasteiger partial charge in [0.25, 0.3) is 0 Å². The van der Waals surface area contributed by atoms with Crippen molar-refractivity contribution in [2.45, 2.75) is 12.2 Å². The first-order chi connectivity index (χ1) is 8.52. The molecule has 2 amide bonds. The fraction of sp³-hybridized carbons (Fsp3) is 0.364. The molecule has 0 aliphatic rings. The summed E-state index contributed by atoms with van der Waals surface area (Å²) in [5.74, 6) is -1.08. The largest absolute Gasteiger partial charge is 0.478 e. The second kappa shape index (κ2) is 6.85. The van der Waals surface area contributed by atoms with E-state index in [0.717, 1.165) is 0 Å². The maximum Gasteiger partial charge on any atom is 0.337 e. The molecule has 0 saturated carbocycles. The SMILES string of the molecule is CSC(C)CNC(=O)Nc1cncc(C(=O)O)c1. The van der Waals surface area contributed by atoms with Crippen LogP contribution in [-0.2, 0) is 0 Å². The second-order valence-electron chi connectivity index (χ2n) is 3.65. The van der Waals surface area contributed by atoms with E-state index in [1.54, 1.807) is 11.8 Å². The maximum atomic E-state index is 11.5. The molecule has 0 radical (unpaired) electrons. The Morgan fingerprint density at radius 1 is 1.50 bits per heavy atom. The summed E-state index contributed by atoms with van der Waals surface area (Å²) in [6, 6.07) is 0.979. The van der Waals surface area contributed by atoms with E-state index in [9.17, 15) is 9.59 Å². The van der Waals surface area contributed by atoms with E-state index in [1.165, 1.54) is 18.5 Å². The van der Waals surface area contributed by atoms with Gasteiger partial charge in [-0.1, -0.05) is 6.92 Å². The molecule has 0 aromatic carbocycles. The number of amides is 2. The number of urea groups is 1. The van der Waals surface area contributed by atoms with Crippen LogP contribution in [0.4, 0.5) is 10.5 Å². The lowest BCUT2D eigenvalue weighted by atomic mass is 10.3. The number of pyridine rings is 1. The van der Waals surface area contributed by atoms with Crippen LogP contribution in [0.25, 0.3) is 0 Å². The van der Waals surface area contributed by atoms with Gasteiger partial charge in [0.05, 0.1) is 17.4 Å². The van der Waals surface area contributed by atoms with Crippen LogP contribution in [0.3, 0.4) is 0 Å². The number of thioether (sulfide) groups is 1. The number of carboxylic acid groups (broad SMARTS) is 1. The summed E-state index contributed by atoms with van der Waals surface area (Å²) in [6.07, 6.45) is 4.58. The fourth-order valence-electron chi connectivity index (χ4n) is 1.12. The first-order valence-corrected chi connectivity index (χ1v) is 6.57. The van der Waals surface area contributed by atoms with Crippen molar-refractivity contribution in [1.29, 1.82) is 0 Å².